The highest BCUT2D eigenvalue weighted by Crippen LogP contribution is 2.26. The van der Waals surface area contributed by atoms with Crippen LogP contribution < -0.4 is 5.32 Å². The Morgan fingerprint density at radius 2 is 2.10 bits per heavy atom. The third-order valence-corrected chi connectivity index (χ3v) is 3.93. The number of nitrogens with zero attached hydrogens (tertiary/aromatic N) is 1. The van der Waals surface area contributed by atoms with E-state index >= 15 is 0 Å². The molecular weight excluding hydrogens is 264 g/mol. The number of morpholine rings is 1. The molecule has 4 atom stereocenters. The predicted octanol–water partition coefficient (Wildman–Crippen LogP) is 0.0309. The van der Waals surface area contributed by atoms with Gasteiger partial charge in [-0.3, -0.25) is 4.79 Å². The molecule has 0 spiro atoms. The van der Waals surface area contributed by atoms with Crippen LogP contribution in [-0.4, -0.2) is 65.1 Å². The van der Waals surface area contributed by atoms with Crippen molar-refractivity contribution in [3.63, 3.8) is 0 Å². The van der Waals surface area contributed by atoms with Gasteiger partial charge in [-0.25, -0.2) is 4.79 Å². The van der Waals surface area contributed by atoms with Gasteiger partial charge in [-0.1, -0.05) is 0 Å². The first kappa shape index (κ1) is 15.1. The van der Waals surface area contributed by atoms with Crippen molar-refractivity contribution in [2.45, 2.75) is 44.4 Å². The smallest absolute Gasteiger partial charge is 0.317 e. The van der Waals surface area contributed by atoms with Crippen molar-refractivity contribution in [3.05, 3.63) is 0 Å². The summed E-state index contributed by atoms with van der Waals surface area (Å²) in [5.74, 6) is -1.14. The average Bonchev–Trinajstić information content (AvgIpc) is 2.86. The molecule has 1 saturated carbocycles. The zero-order valence-electron chi connectivity index (χ0n) is 11.6. The van der Waals surface area contributed by atoms with E-state index in [2.05, 4.69) is 5.32 Å². The number of aliphatic hydroxyl groups is 1. The van der Waals surface area contributed by atoms with Gasteiger partial charge in [0.1, 0.15) is 0 Å². The van der Waals surface area contributed by atoms with Crippen molar-refractivity contribution in [2.75, 3.05) is 19.7 Å². The maximum Gasteiger partial charge on any atom is 0.317 e. The Kier molecular flexibility index (Phi) is 4.82. The molecule has 0 aromatic carbocycles. The molecule has 20 heavy (non-hydrogen) atoms. The second kappa shape index (κ2) is 6.41. The lowest BCUT2D eigenvalue weighted by Crippen LogP contribution is -2.54. The first-order chi connectivity index (χ1) is 9.49. The molecule has 7 heteroatoms. The normalized spacial score (nSPS) is 34.0. The summed E-state index contributed by atoms with van der Waals surface area (Å²) in [6, 6.07) is -0.274. The quantitative estimate of drug-likeness (QED) is 0.680. The third kappa shape index (κ3) is 3.61. The van der Waals surface area contributed by atoms with Crippen LogP contribution in [0.2, 0.25) is 0 Å². The monoisotopic (exact) mass is 286 g/mol. The summed E-state index contributed by atoms with van der Waals surface area (Å²) >= 11 is 0. The van der Waals surface area contributed by atoms with Gasteiger partial charge in [0.15, 0.2) is 0 Å². The van der Waals surface area contributed by atoms with Crippen LogP contribution in [0.5, 0.6) is 0 Å². The Morgan fingerprint density at radius 1 is 1.35 bits per heavy atom. The number of carboxylic acids is 1. The summed E-state index contributed by atoms with van der Waals surface area (Å²) in [5.41, 5.74) is 0. The first-order valence-electron chi connectivity index (χ1n) is 7.04. The predicted molar refractivity (Wildman–Crippen MR) is 70.3 cm³/mol. The van der Waals surface area contributed by atoms with E-state index in [1.807, 2.05) is 6.92 Å². The number of aliphatic hydroxyl groups excluding tert-OH is 1. The SMILES string of the molecule is CC1CN(C(=O)NC2CCC(C(=O)O)C2)CC(CO)O1. The Bertz CT molecular complexity index is 376. The molecule has 3 N–H and O–H groups in total. The molecule has 0 radical (unpaired) electrons. The standard InChI is InChI=1S/C13H22N2O5/c1-8-5-15(6-11(7-16)20-8)13(19)14-10-3-2-9(4-10)12(17)18/h8-11,16H,2-7H2,1H3,(H,14,19)(H,17,18). The van der Waals surface area contributed by atoms with Crippen molar-refractivity contribution in [1.29, 1.82) is 0 Å². The summed E-state index contributed by atoms with van der Waals surface area (Å²) < 4.78 is 5.48. The number of carbonyl (C=O) groups is 2. The van der Waals surface area contributed by atoms with Gasteiger partial charge in [-0.2, -0.15) is 0 Å². The Labute approximate surface area is 117 Å². The van der Waals surface area contributed by atoms with Gasteiger partial charge in [0, 0.05) is 12.6 Å². The molecule has 1 aliphatic carbocycles. The van der Waals surface area contributed by atoms with Gasteiger partial charge >= 0.3 is 12.0 Å². The summed E-state index contributed by atoms with van der Waals surface area (Å²) in [6.07, 6.45) is 1.34. The van der Waals surface area contributed by atoms with Crippen LogP contribution in [0.25, 0.3) is 0 Å². The minimum absolute atomic E-state index is 0.0747. The number of aliphatic carboxylic acids is 1. The lowest BCUT2D eigenvalue weighted by atomic mass is 10.1. The molecule has 1 aliphatic heterocycles. The van der Waals surface area contributed by atoms with Crippen molar-refractivity contribution in [1.82, 2.24) is 10.2 Å². The number of hydrogen-bond acceptors (Lipinski definition) is 4. The molecule has 0 aromatic rings. The molecule has 1 heterocycles. The second-order valence-electron chi connectivity index (χ2n) is 5.65. The molecular formula is C13H22N2O5. The molecule has 4 unspecified atom stereocenters. The van der Waals surface area contributed by atoms with Crippen LogP contribution in [0, 0.1) is 5.92 Å². The van der Waals surface area contributed by atoms with Crippen LogP contribution in [0.1, 0.15) is 26.2 Å². The second-order valence-corrected chi connectivity index (χ2v) is 5.65. The van der Waals surface area contributed by atoms with Gasteiger partial charge < -0.3 is 25.2 Å². The molecule has 2 fully saturated rings. The van der Waals surface area contributed by atoms with Gasteiger partial charge in [0.05, 0.1) is 31.3 Å². The van der Waals surface area contributed by atoms with Gasteiger partial charge in [-0.05, 0) is 26.2 Å². The minimum Gasteiger partial charge on any atom is -0.481 e. The maximum absolute atomic E-state index is 12.2. The number of urea groups is 1. The molecule has 114 valence electrons. The number of amides is 2. The molecule has 7 nitrogen and oxygen atoms in total. The van der Waals surface area contributed by atoms with Gasteiger partial charge in [0.2, 0.25) is 0 Å². The number of carbonyl (C=O) groups excluding carboxylic acids is 1. The first-order valence-corrected chi connectivity index (χ1v) is 7.04. The Hall–Kier alpha value is -1.34. The molecule has 2 aliphatic rings. The van der Waals surface area contributed by atoms with Crippen LogP contribution in [0.15, 0.2) is 0 Å². The Morgan fingerprint density at radius 3 is 2.70 bits per heavy atom. The average molecular weight is 286 g/mol. The molecule has 1 saturated heterocycles. The topological polar surface area (TPSA) is 99.1 Å². The van der Waals surface area contributed by atoms with Crippen LogP contribution in [-0.2, 0) is 9.53 Å². The minimum atomic E-state index is -0.790. The van der Waals surface area contributed by atoms with E-state index in [1.54, 1.807) is 4.90 Å². The number of nitrogens with one attached hydrogen (secondary N) is 1. The van der Waals surface area contributed by atoms with E-state index in [-0.39, 0.29) is 36.8 Å². The van der Waals surface area contributed by atoms with Gasteiger partial charge in [0.25, 0.3) is 0 Å². The number of hydrogen-bond donors (Lipinski definition) is 3. The number of ether oxygens (including phenoxy) is 1. The lowest BCUT2D eigenvalue weighted by molar-refractivity contribution is -0.141. The van der Waals surface area contributed by atoms with Crippen LogP contribution >= 0.6 is 0 Å². The summed E-state index contributed by atoms with van der Waals surface area (Å²) in [7, 11) is 0. The molecule has 0 bridgehead atoms. The summed E-state index contributed by atoms with van der Waals surface area (Å²) in [4.78, 5) is 24.7. The third-order valence-electron chi connectivity index (χ3n) is 3.93. The maximum atomic E-state index is 12.2. The summed E-state index contributed by atoms with van der Waals surface area (Å²) in [5, 5.41) is 21.0. The van der Waals surface area contributed by atoms with Crippen molar-refractivity contribution >= 4 is 12.0 Å². The molecule has 2 rings (SSSR count). The lowest BCUT2D eigenvalue weighted by Gasteiger charge is -2.36. The van der Waals surface area contributed by atoms with Crippen molar-refractivity contribution in [3.8, 4) is 0 Å². The van der Waals surface area contributed by atoms with Crippen molar-refractivity contribution < 1.29 is 24.5 Å². The van der Waals surface area contributed by atoms with E-state index in [1.165, 1.54) is 0 Å². The fraction of sp³-hybridized carbons (Fsp3) is 0.846. The highest BCUT2D eigenvalue weighted by Gasteiger charge is 2.33. The largest absolute Gasteiger partial charge is 0.481 e. The van der Waals surface area contributed by atoms with E-state index in [0.29, 0.717) is 32.4 Å². The van der Waals surface area contributed by atoms with E-state index in [9.17, 15) is 9.59 Å². The Balaban J connectivity index is 1.84. The fourth-order valence-electron chi connectivity index (χ4n) is 2.91. The number of rotatable bonds is 3. The summed E-state index contributed by atoms with van der Waals surface area (Å²) in [6.45, 7) is 2.59. The number of carboxylic acid groups (broad SMARTS) is 1. The highest BCUT2D eigenvalue weighted by atomic mass is 16.5. The molecule has 0 aromatic heterocycles. The van der Waals surface area contributed by atoms with Crippen LogP contribution in [0.3, 0.4) is 0 Å². The fourth-order valence-corrected chi connectivity index (χ4v) is 2.91. The zero-order valence-corrected chi connectivity index (χ0v) is 11.6. The zero-order chi connectivity index (χ0) is 14.7. The highest BCUT2D eigenvalue weighted by molar-refractivity contribution is 5.75. The van der Waals surface area contributed by atoms with Crippen molar-refractivity contribution in [2.24, 2.45) is 5.92 Å². The van der Waals surface area contributed by atoms with E-state index < -0.39 is 5.97 Å². The van der Waals surface area contributed by atoms with Gasteiger partial charge in [-0.15, -0.1) is 0 Å². The van der Waals surface area contributed by atoms with Crippen LogP contribution in [0.4, 0.5) is 4.79 Å². The molecule has 2 amide bonds. The van der Waals surface area contributed by atoms with E-state index in [4.69, 9.17) is 14.9 Å². The van der Waals surface area contributed by atoms with E-state index in [0.717, 1.165) is 0 Å².